The van der Waals surface area contributed by atoms with E-state index >= 15 is 0 Å². The first-order valence-electron chi connectivity index (χ1n) is 23.1. The van der Waals surface area contributed by atoms with E-state index in [1.807, 2.05) is 30.3 Å². The molecule has 4 aliphatic carbocycles. The van der Waals surface area contributed by atoms with E-state index in [0.29, 0.717) is 37.1 Å². The number of aliphatic hydroxyl groups excluding tert-OH is 3. The maximum absolute atomic E-state index is 14.2. The van der Waals surface area contributed by atoms with Crippen LogP contribution >= 0.6 is 0 Å². The van der Waals surface area contributed by atoms with Crippen LogP contribution in [-0.2, 0) is 47.4 Å². The number of cyclic esters (lactones) is 1. The molecule has 14 heteroatoms. The number of carbonyl (C=O) groups is 4. The van der Waals surface area contributed by atoms with E-state index in [4.69, 9.17) is 14.5 Å². The lowest BCUT2D eigenvalue weighted by Gasteiger charge is -2.63. The van der Waals surface area contributed by atoms with Gasteiger partial charge in [0.05, 0.1) is 47.3 Å². The fourth-order valence-corrected chi connectivity index (χ4v) is 13.8. The molecule has 1 aromatic carbocycles. The van der Waals surface area contributed by atoms with Crippen LogP contribution in [0.4, 0.5) is 0 Å². The molecule has 63 heavy (non-hydrogen) atoms. The third-order valence-corrected chi connectivity index (χ3v) is 17.3. The number of carboxylic acids is 1. The van der Waals surface area contributed by atoms with Crippen molar-refractivity contribution in [2.75, 3.05) is 0 Å². The number of aromatic nitrogens is 2. The van der Waals surface area contributed by atoms with Gasteiger partial charge < -0.3 is 39.8 Å². The van der Waals surface area contributed by atoms with E-state index in [1.165, 1.54) is 0 Å². The van der Waals surface area contributed by atoms with E-state index in [-0.39, 0.29) is 90.6 Å². The minimum Gasteiger partial charge on any atom is -0.481 e. The van der Waals surface area contributed by atoms with Gasteiger partial charge >= 0.3 is 17.9 Å². The molecule has 6 aliphatic rings. The molecule has 0 spiro atoms. The topological polar surface area (TPSA) is 215 Å². The summed E-state index contributed by atoms with van der Waals surface area (Å²) in [6, 6.07) is 9.82. The fourth-order valence-electron chi connectivity index (χ4n) is 13.8. The maximum atomic E-state index is 14.2. The summed E-state index contributed by atoms with van der Waals surface area (Å²) < 4.78 is 13.2. The highest BCUT2D eigenvalue weighted by atomic mass is 16.6. The molecule has 9 rings (SSSR count). The number of benzene rings is 1. The van der Waals surface area contributed by atoms with Gasteiger partial charge in [0, 0.05) is 29.4 Å². The van der Waals surface area contributed by atoms with Crippen LogP contribution in [0, 0.1) is 46.3 Å². The quantitative estimate of drug-likeness (QED) is 0.121. The van der Waals surface area contributed by atoms with Gasteiger partial charge in [-0.2, -0.15) is 0 Å². The molecule has 10 unspecified atom stereocenters. The van der Waals surface area contributed by atoms with E-state index in [9.17, 15) is 44.4 Å². The van der Waals surface area contributed by atoms with Gasteiger partial charge in [-0.25, -0.2) is 14.6 Å². The molecule has 338 valence electrons. The first-order valence-corrected chi connectivity index (χ1v) is 23.1. The van der Waals surface area contributed by atoms with Crippen LogP contribution in [0.15, 0.2) is 41.2 Å². The molecule has 3 aromatic rings. The van der Waals surface area contributed by atoms with Crippen molar-refractivity contribution >= 4 is 34.7 Å². The lowest BCUT2D eigenvalue weighted by Crippen LogP contribution is -2.62. The summed E-state index contributed by atoms with van der Waals surface area (Å²) >= 11 is 0. The molecule has 4 heterocycles. The third-order valence-electron chi connectivity index (χ3n) is 17.3. The zero-order valence-corrected chi connectivity index (χ0v) is 36.7. The zero-order chi connectivity index (χ0) is 44.7. The first-order chi connectivity index (χ1) is 30.0. The number of hydrogen-bond donors (Lipinski definition) is 5. The molecule has 2 aliphatic heterocycles. The summed E-state index contributed by atoms with van der Waals surface area (Å²) in [7, 11) is 0. The number of esters is 2. The van der Waals surface area contributed by atoms with E-state index in [1.54, 1.807) is 17.6 Å². The van der Waals surface area contributed by atoms with Gasteiger partial charge in [-0.15, -0.1) is 0 Å². The average Bonchev–Trinajstić information content (AvgIpc) is 3.80. The number of hydrogen-bond acceptors (Lipinski definition) is 11. The van der Waals surface area contributed by atoms with Crippen molar-refractivity contribution in [2.24, 2.45) is 46.3 Å². The van der Waals surface area contributed by atoms with Crippen molar-refractivity contribution in [1.82, 2.24) is 14.9 Å². The molecule has 14 nitrogen and oxygen atoms in total. The Morgan fingerprint density at radius 1 is 1.00 bits per heavy atom. The Labute approximate surface area is 366 Å². The van der Waals surface area contributed by atoms with Crippen LogP contribution in [0.25, 0.3) is 22.3 Å². The van der Waals surface area contributed by atoms with Crippen LogP contribution in [-0.4, -0.2) is 78.1 Å². The summed E-state index contributed by atoms with van der Waals surface area (Å²) in [4.78, 5) is 72.4. The Hall–Kier alpha value is -4.66. The number of para-hydroxylation sites is 1. The van der Waals surface area contributed by atoms with Crippen LogP contribution in [0.5, 0.6) is 0 Å². The minimum absolute atomic E-state index is 0.00522. The van der Waals surface area contributed by atoms with Gasteiger partial charge in [-0.05, 0) is 129 Å². The number of aliphatic carboxylic acids is 1. The summed E-state index contributed by atoms with van der Waals surface area (Å²) in [5, 5.41) is 47.4. The second kappa shape index (κ2) is 16.1. The van der Waals surface area contributed by atoms with Crippen LogP contribution in [0.1, 0.15) is 121 Å². The number of ether oxygens (including phenoxy) is 2. The van der Waals surface area contributed by atoms with Gasteiger partial charge in [-0.1, -0.05) is 45.9 Å². The van der Waals surface area contributed by atoms with E-state index in [0.717, 1.165) is 42.1 Å². The first kappa shape index (κ1) is 43.6. The van der Waals surface area contributed by atoms with Crippen molar-refractivity contribution in [2.45, 2.75) is 148 Å². The monoisotopic (exact) mass is 867 g/mol. The highest BCUT2D eigenvalue weighted by Gasteiger charge is 2.66. The van der Waals surface area contributed by atoms with Crippen molar-refractivity contribution in [3.63, 3.8) is 0 Å². The number of carboxylic acid groups (broad SMARTS) is 1. The molecule has 13 atom stereocenters. The number of carbonyl (C=O) groups excluding carboxylic acids is 3. The van der Waals surface area contributed by atoms with Crippen molar-refractivity contribution in [3.8, 4) is 11.4 Å². The predicted molar refractivity (Wildman–Crippen MR) is 230 cm³/mol. The van der Waals surface area contributed by atoms with Crippen molar-refractivity contribution in [3.05, 3.63) is 63.4 Å². The Morgan fingerprint density at radius 2 is 1.78 bits per heavy atom. The minimum atomic E-state index is -2.05. The van der Waals surface area contributed by atoms with Gasteiger partial charge in [0.15, 0.2) is 0 Å². The van der Waals surface area contributed by atoms with Gasteiger partial charge in [0.25, 0.3) is 5.56 Å². The molecule has 4 saturated carbocycles. The normalized spacial score (nSPS) is 34.9. The number of amides is 1. The lowest BCUT2D eigenvalue weighted by atomic mass is 9.43. The number of nitrogens with one attached hydrogen (secondary N) is 1. The Morgan fingerprint density at radius 3 is 2.54 bits per heavy atom. The maximum Gasteiger partial charge on any atom is 0.355 e. The highest BCUT2D eigenvalue weighted by molar-refractivity contribution is 5.91. The lowest BCUT2D eigenvalue weighted by molar-refractivity contribution is -0.207. The number of pyridine rings is 2. The molecule has 1 amide bonds. The van der Waals surface area contributed by atoms with E-state index in [2.05, 4.69) is 26.1 Å². The zero-order valence-electron chi connectivity index (χ0n) is 36.7. The molecular formula is C49H61N3O11. The SMILES string of the molecule is CC[C@@]1(OC(=O)C(CCC(=O)O)NC(=O)CC[C@@H](C)C2CCC3C4C(CC(O)C32C)C2(C)CCC(O)CC2C[C@H]4O)C(=O)OCc2c1cc1n(c2=O)Cc2cc3ccccc3nc2-1. The second-order valence-corrected chi connectivity index (χ2v) is 20.3. The number of fused-ring (bicyclic) bond motifs is 10. The summed E-state index contributed by atoms with van der Waals surface area (Å²) in [5.41, 5.74) is -0.000543. The largest absolute Gasteiger partial charge is 0.481 e. The van der Waals surface area contributed by atoms with Gasteiger partial charge in [0.2, 0.25) is 11.5 Å². The van der Waals surface area contributed by atoms with Crippen LogP contribution < -0.4 is 10.9 Å². The fraction of sp³-hybridized carbons (Fsp3) is 0.633. The van der Waals surface area contributed by atoms with Gasteiger partial charge in [0.1, 0.15) is 12.6 Å². The van der Waals surface area contributed by atoms with Crippen LogP contribution in [0.2, 0.25) is 0 Å². The number of aliphatic hydroxyl groups is 3. The molecular weight excluding hydrogens is 807 g/mol. The number of nitrogens with zero attached hydrogens (tertiary/aromatic N) is 2. The average molecular weight is 868 g/mol. The molecule has 2 aromatic heterocycles. The van der Waals surface area contributed by atoms with Gasteiger partial charge in [-0.3, -0.25) is 14.4 Å². The Balaban J connectivity index is 0.911. The second-order valence-electron chi connectivity index (χ2n) is 20.3. The Bertz CT molecular complexity index is 2420. The Kier molecular flexibility index (Phi) is 11.1. The summed E-state index contributed by atoms with van der Waals surface area (Å²) in [6.45, 7) is 8.13. The highest BCUT2D eigenvalue weighted by Crippen LogP contribution is 2.68. The molecule has 0 bridgehead atoms. The smallest absolute Gasteiger partial charge is 0.355 e. The number of rotatable bonds is 11. The predicted octanol–water partition coefficient (Wildman–Crippen LogP) is 5.36. The molecule has 4 fully saturated rings. The molecule has 5 N–H and O–H groups in total. The van der Waals surface area contributed by atoms with E-state index < -0.39 is 65.1 Å². The third kappa shape index (κ3) is 7.00. The summed E-state index contributed by atoms with van der Waals surface area (Å²) in [6.07, 6.45) is 3.51. The van der Waals surface area contributed by atoms with Crippen molar-refractivity contribution < 1.29 is 49.1 Å². The molecule has 0 saturated heterocycles. The van der Waals surface area contributed by atoms with Crippen LogP contribution in [0.3, 0.4) is 0 Å². The molecule has 0 radical (unpaired) electrons. The summed E-state index contributed by atoms with van der Waals surface area (Å²) in [5.74, 6) is -2.90. The van der Waals surface area contributed by atoms with Crippen molar-refractivity contribution in [1.29, 1.82) is 0 Å². The standard InChI is InChI=1S/C49H61N3O11/c1-5-49(33-21-37-43-27(18-26-8-6-7-9-35(26)51-43)23-52(37)44(59)30(33)24-62-46(49)61)63-45(60)36(13-15-41(57)58)50-40(56)14-10-25(2)31-11-12-32-42-34(22-39(55)48(31,32)4)47(3)17-16-29(53)19-28(47)20-38(42)54/h6-9,18,21,25,28-29,31-32,34,36,38-39,42,53-55H,5,10-17,19-20,22-24H2,1-4H3,(H,50,56)(H,57,58)/t25-,28?,29?,31?,32?,34?,36?,38-,39?,42?,47?,48?,49+/m1/s1.